The maximum atomic E-state index is 4.36. The van der Waals surface area contributed by atoms with E-state index in [-0.39, 0.29) is 0 Å². The van der Waals surface area contributed by atoms with Gasteiger partial charge in [-0.15, -0.1) is 0 Å². The third kappa shape index (κ3) is 2.17. The highest BCUT2D eigenvalue weighted by Gasteiger charge is 2.05. The van der Waals surface area contributed by atoms with Gasteiger partial charge in [0.25, 0.3) is 0 Å². The molecule has 4 nitrogen and oxygen atoms in total. The normalized spacial score (nSPS) is 10.8. The topological polar surface area (TPSA) is 42.7 Å². The molecule has 0 saturated carbocycles. The lowest BCUT2D eigenvalue weighted by molar-refractivity contribution is 0.738. The van der Waals surface area contributed by atoms with Gasteiger partial charge in [-0.25, -0.2) is 0 Å². The third-order valence-electron chi connectivity index (χ3n) is 3.45. The minimum absolute atomic E-state index is 0.772. The Morgan fingerprint density at radius 1 is 1.21 bits per heavy atom. The number of fused-ring (bicyclic) bond motifs is 1. The molecule has 2 heterocycles. The summed E-state index contributed by atoms with van der Waals surface area (Å²) in [6, 6.07) is 10.2. The summed E-state index contributed by atoms with van der Waals surface area (Å²) in [5, 5.41) is 8.86. The molecule has 0 unspecified atom stereocenters. The highest BCUT2D eigenvalue weighted by molar-refractivity contribution is 5.91. The molecule has 0 aliphatic heterocycles. The van der Waals surface area contributed by atoms with Crippen molar-refractivity contribution in [2.24, 2.45) is 7.05 Å². The van der Waals surface area contributed by atoms with Gasteiger partial charge in [0, 0.05) is 42.1 Å². The van der Waals surface area contributed by atoms with Crippen molar-refractivity contribution in [3.05, 3.63) is 54.0 Å². The SMILES string of the molecule is Cc1c(CNc2cccc3ncccc23)cnn1C. The van der Waals surface area contributed by atoms with Gasteiger partial charge in [0.2, 0.25) is 0 Å². The van der Waals surface area contributed by atoms with Crippen LogP contribution >= 0.6 is 0 Å². The second-order valence-electron chi connectivity index (χ2n) is 4.61. The number of nitrogens with zero attached hydrogens (tertiary/aromatic N) is 3. The first-order valence-corrected chi connectivity index (χ1v) is 6.31. The highest BCUT2D eigenvalue weighted by Crippen LogP contribution is 2.22. The Morgan fingerprint density at radius 2 is 2.11 bits per heavy atom. The summed E-state index contributed by atoms with van der Waals surface area (Å²) in [6.45, 7) is 2.85. The van der Waals surface area contributed by atoms with Crippen molar-refractivity contribution in [3.8, 4) is 0 Å². The maximum Gasteiger partial charge on any atom is 0.0722 e. The molecular formula is C15H16N4. The fourth-order valence-corrected chi connectivity index (χ4v) is 2.17. The quantitative estimate of drug-likeness (QED) is 0.779. The van der Waals surface area contributed by atoms with E-state index in [1.807, 2.05) is 42.3 Å². The van der Waals surface area contributed by atoms with Crippen LogP contribution in [0.3, 0.4) is 0 Å². The number of hydrogen-bond acceptors (Lipinski definition) is 3. The lowest BCUT2D eigenvalue weighted by Gasteiger charge is -2.09. The molecule has 0 atom stereocenters. The fraction of sp³-hybridized carbons (Fsp3) is 0.200. The van der Waals surface area contributed by atoms with E-state index in [0.29, 0.717) is 0 Å². The maximum absolute atomic E-state index is 4.36. The number of rotatable bonds is 3. The summed E-state index contributed by atoms with van der Waals surface area (Å²) in [7, 11) is 1.96. The van der Waals surface area contributed by atoms with Crippen molar-refractivity contribution < 1.29 is 0 Å². The Balaban J connectivity index is 1.88. The molecule has 1 N–H and O–H groups in total. The first kappa shape index (κ1) is 11.7. The number of aryl methyl sites for hydroxylation is 1. The average Bonchev–Trinajstić information content (AvgIpc) is 2.76. The van der Waals surface area contributed by atoms with Crippen LogP contribution in [0.5, 0.6) is 0 Å². The number of benzene rings is 1. The molecule has 96 valence electrons. The fourth-order valence-electron chi connectivity index (χ4n) is 2.17. The molecule has 19 heavy (non-hydrogen) atoms. The van der Waals surface area contributed by atoms with E-state index in [9.17, 15) is 0 Å². The van der Waals surface area contributed by atoms with Gasteiger partial charge >= 0.3 is 0 Å². The summed E-state index contributed by atoms with van der Waals surface area (Å²) >= 11 is 0. The van der Waals surface area contributed by atoms with Crippen LogP contribution in [0.4, 0.5) is 5.69 Å². The van der Waals surface area contributed by atoms with Crippen LogP contribution in [0.2, 0.25) is 0 Å². The molecule has 1 aromatic carbocycles. The van der Waals surface area contributed by atoms with Crippen molar-refractivity contribution in [2.75, 3.05) is 5.32 Å². The zero-order valence-electron chi connectivity index (χ0n) is 11.1. The lowest BCUT2D eigenvalue weighted by atomic mass is 10.1. The van der Waals surface area contributed by atoms with Crippen molar-refractivity contribution in [1.82, 2.24) is 14.8 Å². The van der Waals surface area contributed by atoms with E-state index in [0.717, 1.165) is 23.1 Å². The monoisotopic (exact) mass is 252 g/mol. The van der Waals surface area contributed by atoms with Gasteiger partial charge in [0.05, 0.1) is 11.7 Å². The molecule has 0 saturated heterocycles. The Kier molecular flexibility index (Phi) is 2.91. The van der Waals surface area contributed by atoms with E-state index in [1.165, 1.54) is 11.3 Å². The Bertz CT molecular complexity index is 710. The summed E-state index contributed by atoms with van der Waals surface area (Å²) in [5.41, 5.74) is 4.51. The van der Waals surface area contributed by atoms with Crippen molar-refractivity contribution in [1.29, 1.82) is 0 Å². The minimum Gasteiger partial charge on any atom is -0.380 e. The van der Waals surface area contributed by atoms with Crippen LogP contribution in [-0.4, -0.2) is 14.8 Å². The largest absolute Gasteiger partial charge is 0.380 e. The standard InChI is InChI=1S/C15H16N4/c1-11-12(10-18-19(11)2)9-17-15-7-3-6-14-13(15)5-4-8-16-14/h3-8,10,17H,9H2,1-2H3. The molecule has 3 aromatic rings. The summed E-state index contributed by atoms with van der Waals surface area (Å²) in [4.78, 5) is 4.36. The Hall–Kier alpha value is -2.36. The summed E-state index contributed by atoms with van der Waals surface area (Å²) < 4.78 is 1.89. The molecule has 4 heteroatoms. The molecule has 0 aliphatic rings. The van der Waals surface area contributed by atoms with Gasteiger partial charge < -0.3 is 5.32 Å². The average molecular weight is 252 g/mol. The van der Waals surface area contributed by atoms with Gasteiger partial charge in [-0.2, -0.15) is 5.10 Å². The van der Waals surface area contributed by atoms with Crippen LogP contribution in [-0.2, 0) is 13.6 Å². The second-order valence-corrected chi connectivity index (χ2v) is 4.61. The summed E-state index contributed by atoms with van der Waals surface area (Å²) in [5.74, 6) is 0. The van der Waals surface area contributed by atoms with E-state index in [2.05, 4.69) is 34.5 Å². The lowest BCUT2D eigenvalue weighted by Crippen LogP contribution is -2.02. The van der Waals surface area contributed by atoms with Crippen molar-refractivity contribution >= 4 is 16.6 Å². The second kappa shape index (κ2) is 4.72. The van der Waals surface area contributed by atoms with E-state index >= 15 is 0 Å². The zero-order chi connectivity index (χ0) is 13.2. The van der Waals surface area contributed by atoms with Crippen molar-refractivity contribution in [2.45, 2.75) is 13.5 Å². The van der Waals surface area contributed by atoms with Gasteiger partial charge in [0.15, 0.2) is 0 Å². The first-order chi connectivity index (χ1) is 9.25. The smallest absolute Gasteiger partial charge is 0.0722 e. The molecule has 0 spiro atoms. The molecule has 0 amide bonds. The summed E-state index contributed by atoms with van der Waals surface area (Å²) in [6.07, 6.45) is 3.73. The zero-order valence-corrected chi connectivity index (χ0v) is 11.1. The third-order valence-corrected chi connectivity index (χ3v) is 3.45. The molecule has 2 aromatic heterocycles. The number of pyridine rings is 1. The van der Waals surface area contributed by atoms with Gasteiger partial charge in [-0.1, -0.05) is 6.07 Å². The van der Waals surface area contributed by atoms with E-state index in [4.69, 9.17) is 0 Å². The predicted molar refractivity (Wildman–Crippen MR) is 77.0 cm³/mol. The molecule has 0 aliphatic carbocycles. The number of hydrogen-bond donors (Lipinski definition) is 1. The minimum atomic E-state index is 0.772. The van der Waals surface area contributed by atoms with Crippen LogP contribution in [0.15, 0.2) is 42.7 Å². The molecular weight excluding hydrogens is 236 g/mol. The van der Waals surface area contributed by atoms with Crippen LogP contribution in [0, 0.1) is 6.92 Å². The number of aromatic nitrogens is 3. The van der Waals surface area contributed by atoms with Crippen LogP contribution in [0.25, 0.3) is 10.9 Å². The Morgan fingerprint density at radius 3 is 2.89 bits per heavy atom. The Labute approximate surface area is 112 Å². The molecule has 0 bridgehead atoms. The highest BCUT2D eigenvalue weighted by atomic mass is 15.3. The van der Waals surface area contributed by atoms with E-state index in [1.54, 1.807) is 0 Å². The first-order valence-electron chi connectivity index (χ1n) is 6.31. The van der Waals surface area contributed by atoms with Crippen LogP contribution in [0.1, 0.15) is 11.3 Å². The van der Waals surface area contributed by atoms with E-state index < -0.39 is 0 Å². The number of nitrogens with one attached hydrogen (secondary N) is 1. The van der Waals surface area contributed by atoms with Crippen molar-refractivity contribution in [3.63, 3.8) is 0 Å². The molecule has 0 fully saturated rings. The van der Waals surface area contributed by atoms with Crippen LogP contribution < -0.4 is 5.32 Å². The van der Waals surface area contributed by atoms with Gasteiger partial charge in [-0.3, -0.25) is 9.67 Å². The van der Waals surface area contributed by atoms with Gasteiger partial charge in [0.1, 0.15) is 0 Å². The molecule has 0 radical (unpaired) electrons. The number of anilines is 1. The predicted octanol–water partition coefficient (Wildman–Crippen LogP) is 2.89. The van der Waals surface area contributed by atoms with Gasteiger partial charge in [-0.05, 0) is 31.2 Å². The molecule has 3 rings (SSSR count).